The van der Waals surface area contributed by atoms with Gasteiger partial charge in [-0.05, 0) is 32.6 Å². The number of carbonyl (C=O) groups excluding carboxylic acids is 1. The molecule has 2 atom stereocenters. The van der Waals surface area contributed by atoms with Gasteiger partial charge < -0.3 is 14.7 Å². The number of nitrogens with zero attached hydrogens (tertiary/aromatic N) is 1. The lowest BCUT2D eigenvalue weighted by atomic mass is 9.58. The first kappa shape index (κ1) is 15.8. The minimum Gasteiger partial charge on any atom is -0.392 e. The van der Waals surface area contributed by atoms with Crippen LogP contribution in [0.4, 0.5) is 0 Å². The van der Waals surface area contributed by atoms with Crippen LogP contribution in [0.3, 0.4) is 0 Å². The molecule has 116 valence electrons. The molecule has 2 fully saturated rings. The summed E-state index contributed by atoms with van der Waals surface area (Å²) in [6.45, 7) is 8.42. The smallest absolute Gasteiger partial charge is 0.225 e. The summed E-state index contributed by atoms with van der Waals surface area (Å²) in [4.78, 5) is 14.4. The zero-order valence-corrected chi connectivity index (χ0v) is 13.1. The lowest BCUT2D eigenvalue weighted by Gasteiger charge is -2.56. The van der Waals surface area contributed by atoms with E-state index in [1.54, 1.807) is 0 Å². The fourth-order valence-electron chi connectivity index (χ4n) is 3.86. The number of ether oxygens (including phenoxy) is 1. The molecule has 0 aromatic carbocycles. The Morgan fingerprint density at radius 2 is 1.90 bits per heavy atom. The summed E-state index contributed by atoms with van der Waals surface area (Å²) in [7, 11) is 0. The molecule has 1 saturated heterocycles. The number of aliphatic hydroxyl groups is 1. The first-order valence-electron chi connectivity index (χ1n) is 8.17. The lowest BCUT2D eigenvalue weighted by Crippen LogP contribution is -2.63. The Labute approximate surface area is 122 Å². The highest BCUT2D eigenvalue weighted by atomic mass is 16.5. The molecule has 1 spiro atoms. The van der Waals surface area contributed by atoms with Gasteiger partial charge in [0.1, 0.15) is 0 Å². The maximum Gasteiger partial charge on any atom is 0.225 e. The average Bonchev–Trinajstić information content (AvgIpc) is 2.48. The molecule has 1 heterocycles. The van der Waals surface area contributed by atoms with Crippen molar-refractivity contribution in [3.05, 3.63) is 0 Å². The number of likely N-dealkylation sites (tertiary alicyclic amines) is 1. The van der Waals surface area contributed by atoms with E-state index in [1.807, 2.05) is 11.8 Å². The standard InChI is InChI=1S/C16H29NO3/c1-4-12(5-2)15(19)17-9-7-16(8-10-17)13(18)11-14(16)20-6-3/h12-14,18H,4-11H2,1-3H3. The Bertz CT molecular complexity index is 331. The van der Waals surface area contributed by atoms with Crippen molar-refractivity contribution in [2.24, 2.45) is 11.3 Å². The van der Waals surface area contributed by atoms with Gasteiger partial charge in [-0.15, -0.1) is 0 Å². The predicted molar refractivity (Wildman–Crippen MR) is 78.4 cm³/mol. The van der Waals surface area contributed by atoms with Crippen LogP contribution >= 0.6 is 0 Å². The van der Waals surface area contributed by atoms with Crippen LogP contribution in [0.15, 0.2) is 0 Å². The van der Waals surface area contributed by atoms with Crippen LogP contribution in [0.25, 0.3) is 0 Å². The summed E-state index contributed by atoms with van der Waals surface area (Å²) in [6.07, 6.45) is 4.30. The van der Waals surface area contributed by atoms with E-state index in [0.717, 1.165) is 45.2 Å². The Balaban J connectivity index is 1.93. The average molecular weight is 283 g/mol. The summed E-state index contributed by atoms with van der Waals surface area (Å²) in [5.41, 5.74) is -0.0826. The van der Waals surface area contributed by atoms with E-state index in [2.05, 4.69) is 13.8 Å². The summed E-state index contributed by atoms with van der Waals surface area (Å²) >= 11 is 0. The van der Waals surface area contributed by atoms with Crippen LogP contribution in [0.5, 0.6) is 0 Å². The normalized spacial score (nSPS) is 28.8. The third-order valence-electron chi connectivity index (χ3n) is 5.45. The molecule has 0 aromatic rings. The van der Waals surface area contributed by atoms with E-state index in [1.165, 1.54) is 0 Å². The van der Waals surface area contributed by atoms with E-state index in [0.29, 0.717) is 12.5 Å². The second-order valence-electron chi connectivity index (χ2n) is 6.27. The highest BCUT2D eigenvalue weighted by molar-refractivity contribution is 5.78. The Morgan fingerprint density at radius 1 is 1.30 bits per heavy atom. The molecule has 4 heteroatoms. The van der Waals surface area contributed by atoms with Gasteiger partial charge in [-0.25, -0.2) is 0 Å². The zero-order chi connectivity index (χ0) is 14.8. The number of aliphatic hydroxyl groups excluding tert-OH is 1. The van der Waals surface area contributed by atoms with E-state index in [-0.39, 0.29) is 23.5 Å². The van der Waals surface area contributed by atoms with Gasteiger partial charge in [0.25, 0.3) is 0 Å². The molecule has 4 nitrogen and oxygen atoms in total. The molecule has 1 N–H and O–H groups in total. The molecular weight excluding hydrogens is 254 g/mol. The van der Waals surface area contributed by atoms with Crippen LogP contribution in [-0.4, -0.2) is 47.8 Å². The first-order chi connectivity index (χ1) is 9.58. The minimum atomic E-state index is -0.246. The zero-order valence-electron chi connectivity index (χ0n) is 13.1. The van der Waals surface area contributed by atoms with E-state index in [9.17, 15) is 9.90 Å². The molecule has 0 radical (unpaired) electrons. The van der Waals surface area contributed by atoms with Gasteiger partial charge in [0.2, 0.25) is 5.91 Å². The van der Waals surface area contributed by atoms with Gasteiger partial charge in [0, 0.05) is 37.5 Å². The van der Waals surface area contributed by atoms with Crippen molar-refractivity contribution < 1.29 is 14.6 Å². The molecule has 2 aliphatic rings. The Kier molecular flexibility index (Phi) is 5.08. The molecular formula is C16H29NO3. The van der Waals surface area contributed by atoms with Crippen LogP contribution in [-0.2, 0) is 9.53 Å². The molecule has 2 rings (SSSR count). The lowest BCUT2D eigenvalue weighted by molar-refractivity contribution is -0.210. The molecule has 1 amide bonds. The highest BCUT2D eigenvalue weighted by Gasteiger charge is 2.56. The predicted octanol–water partition coefficient (Wildman–Crippen LogP) is 2.20. The second-order valence-corrected chi connectivity index (χ2v) is 6.27. The van der Waals surface area contributed by atoms with E-state index >= 15 is 0 Å². The van der Waals surface area contributed by atoms with Gasteiger partial charge in [0.15, 0.2) is 0 Å². The largest absolute Gasteiger partial charge is 0.392 e. The minimum absolute atomic E-state index is 0.0826. The molecule has 2 unspecified atom stereocenters. The third kappa shape index (κ3) is 2.60. The van der Waals surface area contributed by atoms with Crippen molar-refractivity contribution in [2.75, 3.05) is 19.7 Å². The molecule has 20 heavy (non-hydrogen) atoms. The molecule has 1 aliphatic carbocycles. The highest BCUT2D eigenvalue weighted by Crippen LogP contribution is 2.51. The first-order valence-corrected chi connectivity index (χ1v) is 8.17. The quantitative estimate of drug-likeness (QED) is 0.841. The van der Waals surface area contributed by atoms with Crippen LogP contribution < -0.4 is 0 Å². The Hall–Kier alpha value is -0.610. The maximum atomic E-state index is 12.4. The fourth-order valence-corrected chi connectivity index (χ4v) is 3.86. The van der Waals surface area contributed by atoms with Crippen LogP contribution in [0.1, 0.15) is 52.9 Å². The number of piperidine rings is 1. The van der Waals surface area contributed by atoms with Crippen molar-refractivity contribution in [1.82, 2.24) is 4.90 Å². The monoisotopic (exact) mass is 283 g/mol. The van der Waals surface area contributed by atoms with Gasteiger partial charge >= 0.3 is 0 Å². The summed E-state index contributed by atoms with van der Waals surface area (Å²) in [6, 6.07) is 0. The van der Waals surface area contributed by atoms with Gasteiger partial charge in [0.05, 0.1) is 12.2 Å². The number of hydrogen-bond donors (Lipinski definition) is 1. The molecule has 1 aliphatic heterocycles. The molecule has 1 saturated carbocycles. The summed E-state index contributed by atoms with van der Waals surface area (Å²) < 4.78 is 5.76. The Morgan fingerprint density at radius 3 is 2.35 bits per heavy atom. The van der Waals surface area contributed by atoms with E-state index in [4.69, 9.17) is 4.74 Å². The van der Waals surface area contributed by atoms with Crippen molar-refractivity contribution in [1.29, 1.82) is 0 Å². The summed E-state index contributed by atoms with van der Waals surface area (Å²) in [5.74, 6) is 0.463. The molecule has 0 aromatic heterocycles. The molecule has 0 bridgehead atoms. The third-order valence-corrected chi connectivity index (χ3v) is 5.45. The number of amides is 1. The maximum absolute atomic E-state index is 12.4. The topological polar surface area (TPSA) is 49.8 Å². The van der Waals surface area contributed by atoms with Gasteiger partial charge in [-0.1, -0.05) is 13.8 Å². The number of rotatable bonds is 5. The number of hydrogen-bond acceptors (Lipinski definition) is 3. The summed E-state index contributed by atoms with van der Waals surface area (Å²) in [5, 5.41) is 10.2. The van der Waals surface area contributed by atoms with Crippen molar-refractivity contribution in [2.45, 2.75) is 65.1 Å². The second kappa shape index (κ2) is 6.44. The fraction of sp³-hybridized carbons (Fsp3) is 0.938. The van der Waals surface area contributed by atoms with E-state index < -0.39 is 0 Å². The van der Waals surface area contributed by atoms with Crippen LogP contribution in [0, 0.1) is 11.3 Å². The van der Waals surface area contributed by atoms with Gasteiger partial charge in [-0.3, -0.25) is 4.79 Å². The van der Waals surface area contributed by atoms with Crippen LogP contribution in [0.2, 0.25) is 0 Å². The van der Waals surface area contributed by atoms with Gasteiger partial charge in [-0.2, -0.15) is 0 Å². The van der Waals surface area contributed by atoms with Crippen molar-refractivity contribution >= 4 is 5.91 Å². The SMILES string of the molecule is CCOC1CC(O)C12CCN(C(=O)C(CC)CC)CC2. The van der Waals surface area contributed by atoms with Crippen molar-refractivity contribution in [3.8, 4) is 0 Å². The number of carbonyl (C=O) groups is 1. The van der Waals surface area contributed by atoms with Crippen molar-refractivity contribution in [3.63, 3.8) is 0 Å².